The van der Waals surface area contributed by atoms with Gasteiger partial charge in [-0.15, -0.1) is 0 Å². The molecule has 1 aliphatic heterocycles. The standard InChI is InChI=1S/C16H17FN2/c1-11(13-6-2-3-7-15(13)17)19-9-12-5-4-8-16(18)14(12)10-19/h2-8,11H,9-10,18H2,1H3. The van der Waals surface area contributed by atoms with E-state index in [4.69, 9.17) is 5.73 Å². The van der Waals surface area contributed by atoms with E-state index in [1.807, 2.05) is 31.2 Å². The van der Waals surface area contributed by atoms with E-state index in [0.29, 0.717) is 0 Å². The highest BCUT2D eigenvalue weighted by atomic mass is 19.1. The molecule has 3 heteroatoms. The van der Waals surface area contributed by atoms with Crippen molar-refractivity contribution in [2.45, 2.75) is 26.1 Å². The summed E-state index contributed by atoms with van der Waals surface area (Å²) in [5, 5.41) is 0. The van der Waals surface area contributed by atoms with Crippen molar-refractivity contribution in [1.29, 1.82) is 0 Å². The third-order valence-corrected chi connectivity index (χ3v) is 3.95. The van der Waals surface area contributed by atoms with Crippen LogP contribution in [0, 0.1) is 5.82 Å². The Kier molecular flexibility index (Phi) is 2.99. The largest absolute Gasteiger partial charge is 0.398 e. The van der Waals surface area contributed by atoms with Gasteiger partial charge in [-0.05, 0) is 30.2 Å². The molecule has 2 N–H and O–H groups in total. The van der Waals surface area contributed by atoms with E-state index in [1.165, 1.54) is 17.2 Å². The van der Waals surface area contributed by atoms with Crippen molar-refractivity contribution in [3.8, 4) is 0 Å². The average molecular weight is 256 g/mol. The topological polar surface area (TPSA) is 29.3 Å². The molecule has 0 amide bonds. The Morgan fingerprint density at radius 2 is 1.89 bits per heavy atom. The molecule has 1 aliphatic rings. The zero-order valence-corrected chi connectivity index (χ0v) is 10.9. The molecule has 0 fully saturated rings. The fourth-order valence-corrected chi connectivity index (χ4v) is 2.76. The minimum absolute atomic E-state index is 0.0491. The van der Waals surface area contributed by atoms with Crippen LogP contribution in [0.15, 0.2) is 42.5 Å². The Balaban J connectivity index is 1.87. The predicted molar refractivity (Wildman–Crippen MR) is 74.9 cm³/mol. The summed E-state index contributed by atoms with van der Waals surface area (Å²) < 4.78 is 13.9. The van der Waals surface area contributed by atoms with E-state index in [2.05, 4.69) is 11.0 Å². The lowest BCUT2D eigenvalue weighted by molar-refractivity contribution is 0.211. The maximum absolute atomic E-state index is 13.9. The Hall–Kier alpha value is -1.87. The molecule has 19 heavy (non-hydrogen) atoms. The smallest absolute Gasteiger partial charge is 0.127 e. The van der Waals surface area contributed by atoms with Gasteiger partial charge in [0.15, 0.2) is 0 Å². The van der Waals surface area contributed by atoms with Gasteiger partial charge in [-0.1, -0.05) is 30.3 Å². The van der Waals surface area contributed by atoms with Gasteiger partial charge in [-0.2, -0.15) is 0 Å². The van der Waals surface area contributed by atoms with Crippen LogP contribution >= 0.6 is 0 Å². The maximum atomic E-state index is 13.9. The monoisotopic (exact) mass is 256 g/mol. The molecule has 2 aromatic carbocycles. The number of anilines is 1. The summed E-state index contributed by atoms with van der Waals surface area (Å²) in [5.74, 6) is -0.140. The number of hydrogen-bond donors (Lipinski definition) is 1. The maximum Gasteiger partial charge on any atom is 0.127 e. The molecular formula is C16H17FN2. The van der Waals surface area contributed by atoms with Crippen LogP contribution in [0.25, 0.3) is 0 Å². The molecule has 1 atom stereocenters. The van der Waals surface area contributed by atoms with Crippen LogP contribution in [0.4, 0.5) is 10.1 Å². The number of hydrogen-bond acceptors (Lipinski definition) is 2. The van der Waals surface area contributed by atoms with E-state index >= 15 is 0 Å². The van der Waals surface area contributed by atoms with Crippen LogP contribution in [0.1, 0.15) is 29.7 Å². The van der Waals surface area contributed by atoms with Gasteiger partial charge in [-0.25, -0.2) is 4.39 Å². The van der Waals surface area contributed by atoms with Crippen molar-refractivity contribution < 1.29 is 4.39 Å². The second kappa shape index (κ2) is 4.67. The molecule has 0 saturated heterocycles. The van der Waals surface area contributed by atoms with Gasteiger partial charge in [0.25, 0.3) is 0 Å². The first-order chi connectivity index (χ1) is 9.16. The third kappa shape index (κ3) is 2.10. The van der Waals surface area contributed by atoms with Gasteiger partial charge < -0.3 is 5.73 Å². The van der Waals surface area contributed by atoms with Crippen molar-refractivity contribution in [2.75, 3.05) is 5.73 Å². The summed E-state index contributed by atoms with van der Waals surface area (Å²) in [5.41, 5.74) is 10.0. The van der Waals surface area contributed by atoms with E-state index in [1.54, 1.807) is 6.07 Å². The summed E-state index contributed by atoms with van der Waals surface area (Å²) in [4.78, 5) is 2.25. The molecular weight excluding hydrogens is 239 g/mol. The first-order valence-electron chi connectivity index (χ1n) is 6.51. The highest BCUT2D eigenvalue weighted by molar-refractivity contribution is 5.52. The molecule has 0 aliphatic carbocycles. The number of nitrogens with zero attached hydrogens (tertiary/aromatic N) is 1. The van der Waals surface area contributed by atoms with E-state index < -0.39 is 0 Å². The molecule has 2 nitrogen and oxygen atoms in total. The zero-order chi connectivity index (χ0) is 13.4. The molecule has 0 bridgehead atoms. The molecule has 0 radical (unpaired) electrons. The summed E-state index contributed by atoms with van der Waals surface area (Å²) in [7, 11) is 0. The Bertz CT molecular complexity index is 609. The summed E-state index contributed by atoms with van der Waals surface area (Å²) in [6.07, 6.45) is 0. The van der Waals surface area contributed by atoms with Crippen LogP contribution in [0.5, 0.6) is 0 Å². The number of benzene rings is 2. The summed E-state index contributed by atoms with van der Waals surface area (Å²) in [6.45, 7) is 3.66. The number of nitrogens with two attached hydrogens (primary N) is 1. The second-order valence-corrected chi connectivity index (χ2v) is 5.09. The SMILES string of the molecule is CC(c1ccccc1F)N1Cc2cccc(N)c2C1. The van der Waals surface area contributed by atoms with Crippen LogP contribution in [-0.4, -0.2) is 4.90 Å². The van der Waals surface area contributed by atoms with Gasteiger partial charge in [0.2, 0.25) is 0 Å². The van der Waals surface area contributed by atoms with Crippen molar-refractivity contribution in [1.82, 2.24) is 4.90 Å². The van der Waals surface area contributed by atoms with Gasteiger partial charge in [0.05, 0.1) is 0 Å². The van der Waals surface area contributed by atoms with Crippen molar-refractivity contribution in [3.05, 3.63) is 65.0 Å². The van der Waals surface area contributed by atoms with Crippen LogP contribution in [0.3, 0.4) is 0 Å². The van der Waals surface area contributed by atoms with E-state index in [9.17, 15) is 4.39 Å². The van der Waals surface area contributed by atoms with Crippen molar-refractivity contribution >= 4 is 5.69 Å². The van der Waals surface area contributed by atoms with Crippen molar-refractivity contribution in [3.63, 3.8) is 0 Å². The van der Waals surface area contributed by atoms with Crippen LogP contribution in [0.2, 0.25) is 0 Å². The Morgan fingerprint density at radius 1 is 1.11 bits per heavy atom. The van der Waals surface area contributed by atoms with Gasteiger partial charge in [-0.3, -0.25) is 4.90 Å². The number of halogens is 1. The van der Waals surface area contributed by atoms with Crippen LogP contribution < -0.4 is 5.73 Å². The normalized spacial score (nSPS) is 16.3. The average Bonchev–Trinajstić information content (AvgIpc) is 2.84. The molecule has 2 aromatic rings. The number of nitrogen functional groups attached to an aromatic ring is 1. The van der Waals surface area contributed by atoms with E-state index in [-0.39, 0.29) is 11.9 Å². The third-order valence-electron chi connectivity index (χ3n) is 3.95. The molecule has 0 spiro atoms. The lowest BCUT2D eigenvalue weighted by Crippen LogP contribution is -2.21. The first-order valence-corrected chi connectivity index (χ1v) is 6.51. The Labute approximate surface area is 112 Å². The quantitative estimate of drug-likeness (QED) is 0.833. The minimum Gasteiger partial charge on any atom is -0.398 e. The highest BCUT2D eigenvalue weighted by Gasteiger charge is 2.26. The first kappa shape index (κ1) is 12.2. The number of rotatable bonds is 2. The second-order valence-electron chi connectivity index (χ2n) is 5.09. The summed E-state index contributed by atoms with van der Waals surface area (Å²) >= 11 is 0. The highest BCUT2D eigenvalue weighted by Crippen LogP contribution is 2.34. The molecule has 98 valence electrons. The van der Waals surface area contributed by atoms with Gasteiger partial charge in [0.1, 0.15) is 5.82 Å². The lowest BCUT2D eigenvalue weighted by Gasteiger charge is -2.24. The fraction of sp³-hybridized carbons (Fsp3) is 0.250. The lowest BCUT2D eigenvalue weighted by atomic mass is 10.1. The fourth-order valence-electron chi connectivity index (χ4n) is 2.76. The van der Waals surface area contributed by atoms with Crippen LogP contribution in [-0.2, 0) is 13.1 Å². The summed E-state index contributed by atoms with van der Waals surface area (Å²) in [6, 6.07) is 13.0. The van der Waals surface area contributed by atoms with Crippen molar-refractivity contribution in [2.24, 2.45) is 0 Å². The zero-order valence-electron chi connectivity index (χ0n) is 10.9. The molecule has 0 saturated carbocycles. The Morgan fingerprint density at radius 3 is 2.63 bits per heavy atom. The predicted octanol–water partition coefficient (Wildman–Crippen LogP) is 3.48. The number of fused-ring (bicyclic) bond motifs is 1. The molecule has 1 unspecified atom stereocenters. The molecule has 0 aromatic heterocycles. The van der Waals surface area contributed by atoms with E-state index in [0.717, 1.165) is 24.3 Å². The van der Waals surface area contributed by atoms with Gasteiger partial charge in [0, 0.05) is 30.4 Å². The molecule has 1 heterocycles. The molecule has 3 rings (SSSR count). The van der Waals surface area contributed by atoms with Gasteiger partial charge >= 0.3 is 0 Å². The minimum atomic E-state index is -0.140.